The number of halogens is 2. The van der Waals surface area contributed by atoms with E-state index in [1.54, 1.807) is 6.20 Å². The number of fused-ring (bicyclic) bond motifs is 1. The molecule has 154 valence electrons. The zero-order valence-electron chi connectivity index (χ0n) is 16.2. The number of ether oxygens (including phenoxy) is 1. The Hall–Kier alpha value is -2.06. The molecule has 6 rings (SSSR count). The highest BCUT2D eigenvalue weighted by Crippen LogP contribution is 2.59. The molecule has 0 spiro atoms. The molecule has 6 nitrogen and oxygen atoms in total. The number of pyridine rings is 1. The summed E-state index contributed by atoms with van der Waals surface area (Å²) in [6.45, 7) is 4.92. The van der Waals surface area contributed by atoms with Crippen molar-refractivity contribution < 1.29 is 13.5 Å². The molecular weight excluding hydrogens is 376 g/mol. The number of piperidine rings is 1. The molecule has 2 aromatic rings. The zero-order chi connectivity index (χ0) is 19.7. The van der Waals surface area contributed by atoms with Crippen LogP contribution in [0.2, 0.25) is 0 Å². The van der Waals surface area contributed by atoms with E-state index >= 15 is 0 Å². The largest absolute Gasteiger partial charge is 0.383 e. The van der Waals surface area contributed by atoms with Gasteiger partial charge in [-0.2, -0.15) is 5.10 Å². The number of hydrogen-bond acceptors (Lipinski definition) is 5. The lowest BCUT2D eigenvalue weighted by Crippen LogP contribution is -2.48. The predicted octanol–water partition coefficient (Wildman–Crippen LogP) is 2.92. The number of anilines is 1. The smallest absolute Gasteiger partial charge is 0.267 e. The SMILES string of the molecule is Nc1ncc(-c2cc([C@@H]3[C@@H]4CN(C5COC5)C[C@@H]43)n(CC3CC3)n2)cc1C(F)F. The summed E-state index contributed by atoms with van der Waals surface area (Å²) in [6, 6.07) is 4.14. The van der Waals surface area contributed by atoms with Crippen LogP contribution in [0.5, 0.6) is 0 Å². The summed E-state index contributed by atoms with van der Waals surface area (Å²) in [5, 5.41) is 4.82. The van der Waals surface area contributed by atoms with Crippen LogP contribution in [0.3, 0.4) is 0 Å². The molecule has 2 aliphatic heterocycles. The van der Waals surface area contributed by atoms with Gasteiger partial charge in [0.05, 0.1) is 30.5 Å². The van der Waals surface area contributed by atoms with E-state index in [9.17, 15) is 8.78 Å². The van der Waals surface area contributed by atoms with Gasteiger partial charge in [-0.3, -0.25) is 9.58 Å². The number of nitrogens with two attached hydrogens (primary N) is 1. The average Bonchev–Trinajstić information content (AvgIpc) is 3.49. The fraction of sp³-hybridized carbons (Fsp3) is 0.619. The maximum absolute atomic E-state index is 13.3. The molecule has 2 saturated heterocycles. The van der Waals surface area contributed by atoms with E-state index in [0.717, 1.165) is 38.5 Å². The standard InChI is InChI=1S/C21H25F2N5O/c22-20(23)14-3-12(5-25-21(14)24)17-4-18(28(26-17)6-11-1-2-11)19-15-7-27(8-16(15)19)13-9-29-10-13/h3-5,11,13,15-16,19-20H,1-2,6-10H2,(H2,24,25)/t15-,16+,19-. The Morgan fingerprint density at radius 2 is 1.93 bits per heavy atom. The van der Waals surface area contributed by atoms with Crippen molar-refractivity contribution in [2.75, 3.05) is 32.0 Å². The number of nitrogen functional groups attached to an aromatic ring is 1. The van der Waals surface area contributed by atoms with Crippen LogP contribution in [0.25, 0.3) is 11.3 Å². The van der Waals surface area contributed by atoms with Gasteiger partial charge in [0.25, 0.3) is 6.43 Å². The fourth-order valence-corrected chi connectivity index (χ4v) is 5.07. The van der Waals surface area contributed by atoms with Crippen molar-refractivity contribution in [3.8, 4) is 11.3 Å². The Kier molecular flexibility index (Phi) is 3.96. The van der Waals surface area contributed by atoms with Gasteiger partial charge in [-0.1, -0.05) is 0 Å². The van der Waals surface area contributed by atoms with Crippen molar-refractivity contribution in [1.82, 2.24) is 19.7 Å². The molecule has 4 aliphatic rings. The third kappa shape index (κ3) is 3.04. The highest BCUT2D eigenvalue weighted by atomic mass is 19.3. The van der Waals surface area contributed by atoms with Crippen LogP contribution in [-0.2, 0) is 11.3 Å². The molecule has 2 aliphatic carbocycles. The first-order valence-corrected chi connectivity index (χ1v) is 10.5. The van der Waals surface area contributed by atoms with Crippen LogP contribution in [-0.4, -0.2) is 52.0 Å². The molecule has 8 heteroatoms. The van der Waals surface area contributed by atoms with E-state index in [-0.39, 0.29) is 11.4 Å². The van der Waals surface area contributed by atoms with Crippen LogP contribution in [0, 0.1) is 17.8 Å². The van der Waals surface area contributed by atoms with Crippen LogP contribution < -0.4 is 5.73 Å². The molecule has 2 aromatic heterocycles. The molecule has 0 amide bonds. The molecule has 0 bridgehead atoms. The summed E-state index contributed by atoms with van der Waals surface area (Å²) in [4.78, 5) is 6.55. The Morgan fingerprint density at radius 1 is 1.17 bits per heavy atom. The molecule has 4 fully saturated rings. The predicted molar refractivity (Wildman–Crippen MR) is 103 cm³/mol. The Labute approximate surface area is 168 Å². The number of rotatable bonds is 6. The third-order valence-corrected chi connectivity index (χ3v) is 7.12. The van der Waals surface area contributed by atoms with Crippen molar-refractivity contribution in [2.24, 2.45) is 17.8 Å². The van der Waals surface area contributed by atoms with E-state index in [1.807, 2.05) is 0 Å². The monoisotopic (exact) mass is 401 g/mol. The molecule has 2 saturated carbocycles. The lowest BCUT2D eigenvalue weighted by molar-refractivity contribution is -0.0610. The van der Waals surface area contributed by atoms with Gasteiger partial charge in [-0.15, -0.1) is 0 Å². The highest BCUT2D eigenvalue weighted by Gasteiger charge is 2.58. The quantitative estimate of drug-likeness (QED) is 0.806. The fourth-order valence-electron chi connectivity index (χ4n) is 5.07. The van der Waals surface area contributed by atoms with Gasteiger partial charge < -0.3 is 10.5 Å². The van der Waals surface area contributed by atoms with Gasteiger partial charge in [0.1, 0.15) is 5.82 Å². The van der Waals surface area contributed by atoms with Gasteiger partial charge in [0.2, 0.25) is 0 Å². The van der Waals surface area contributed by atoms with Gasteiger partial charge in [0, 0.05) is 43.0 Å². The molecule has 2 N–H and O–H groups in total. The Bertz CT molecular complexity index is 927. The van der Waals surface area contributed by atoms with Crippen molar-refractivity contribution >= 4 is 5.82 Å². The summed E-state index contributed by atoms with van der Waals surface area (Å²) in [6.07, 6.45) is 1.42. The lowest BCUT2D eigenvalue weighted by atomic mass is 10.1. The normalized spacial score (nSPS) is 29.3. The summed E-state index contributed by atoms with van der Waals surface area (Å²) < 4.78 is 34.0. The molecular formula is C21H25F2N5O. The molecule has 0 radical (unpaired) electrons. The minimum Gasteiger partial charge on any atom is -0.383 e. The summed E-state index contributed by atoms with van der Waals surface area (Å²) in [7, 11) is 0. The molecule has 29 heavy (non-hydrogen) atoms. The lowest BCUT2D eigenvalue weighted by Gasteiger charge is -2.35. The first-order chi connectivity index (χ1) is 14.1. The van der Waals surface area contributed by atoms with E-state index in [0.29, 0.717) is 35.3 Å². The highest BCUT2D eigenvalue weighted by molar-refractivity contribution is 5.62. The van der Waals surface area contributed by atoms with Gasteiger partial charge in [0.15, 0.2) is 0 Å². The van der Waals surface area contributed by atoms with Crippen molar-refractivity contribution in [1.29, 1.82) is 0 Å². The summed E-state index contributed by atoms with van der Waals surface area (Å²) >= 11 is 0. The van der Waals surface area contributed by atoms with Crippen LogP contribution in [0.4, 0.5) is 14.6 Å². The summed E-state index contributed by atoms with van der Waals surface area (Å²) in [5.41, 5.74) is 8.01. The molecule has 0 aromatic carbocycles. The van der Waals surface area contributed by atoms with E-state index < -0.39 is 6.43 Å². The minimum atomic E-state index is -2.64. The zero-order valence-corrected chi connectivity index (χ0v) is 16.2. The first-order valence-electron chi connectivity index (χ1n) is 10.5. The maximum atomic E-state index is 13.3. The number of hydrogen-bond donors (Lipinski definition) is 1. The van der Waals surface area contributed by atoms with Crippen LogP contribution in [0.1, 0.15) is 36.4 Å². The van der Waals surface area contributed by atoms with Gasteiger partial charge in [-0.05, 0) is 42.7 Å². The van der Waals surface area contributed by atoms with Crippen LogP contribution in [0.15, 0.2) is 18.3 Å². The first kappa shape index (κ1) is 17.8. The maximum Gasteiger partial charge on any atom is 0.267 e. The number of likely N-dealkylation sites (tertiary alicyclic amines) is 1. The van der Waals surface area contributed by atoms with E-state index in [1.165, 1.54) is 24.6 Å². The minimum absolute atomic E-state index is 0.113. The Morgan fingerprint density at radius 3 is 2.55 bits per heavy atom. The second-order valence-electron chi connectivity index (χ2n) is 9.08. The Balaban J connectivity index is 1.28. The second-order valence-corrected chi connectivity index (χ2v) is 9.08. The van der Waals surface area contributed by atoms with Gasteiger partial charge in [-0.25, -0.2) is 13.8 Å². The second kappa shape index (κ2) is 6.47. The van der Waals surface area contributed by atoms with E-state index in [2.05, 4.69) is 20.6 Å². The number of nitrogens with zero attached hydrogens (tertiary/aromatic N) is 4. The molecule has 4 heterocycles. The van der Waals surface area contributed by atoms with Gasteiger partial charge >= 0.3 is 0 Å². The number of aromatic nitrogens is 3. The van der Waals surface area contributed by atoms with E-state index in [4.69, 9.17) is 15.6 Å². The topological polar surface area (TPSA) is 69.2 Å². The number of alkyl halides is 2. The third-order valence-electron chi connectivity index (χ3n) is 7.12. The van der Waals surface area contributed by atoms with Crippen LogP contribution >= 0.6 is 0 Å². The molecule has 3 atom stereocenters. The summed E-state index contributed by atoms with van der Waals surface area (Å²) in [5.74, 6) is 2.48. The average molecular weight is 401 g/mol. The molecule has 0 unspecified atom stereocenters. The van der Waals surface area contributed by atoms with Crippen molar-refractivity contribution in [3.05, 3.63) is 29.6 Å². The van der Waals surface area contributed by atoms with Crippen molar-refractivity contribution in [3.63, 3.8) is 0 Å². The van der Waals surface area contributed by atoms with Crippen molar-refractivity contribution in [2.45, 2.75) is 37.8 Å².